The molecule has 1 aliphatic rings. The van der Waals surface area contributed by atoms with Crippen LogP contribution in [0.5, 0.6) is 0 Å². The predicted molar refractivity (Wildman–Crippen MR) is 71.0 cm³/mol. The highest BCUT2D eigenvalue weighted by Gasteiger charge is 2.21. The Labute approximate surface area is 106 Å². The van der Waals surface area contributed by atoms with Gasteiger partial charge in [-0.3, -0.25) is 5.10 Å². The van der Waals surface area contributed by atoms with Crippen molar-refractivity contribution in [2.24, 2.45) is 0 Å². The van der Waals surface area contributed by atoms with Gasteiger partial charge >= 0.3 is 0 Å². The number of aromatic amines is 1. The molecular weight excluding hydrogens is 230 g/mol. The van der Waals surface area contributed by atoms with E-state index in [0.717, 1.165) is 28.8 Å². The lowest BCUT2D eigenvalue weighted by atomic mass is 9.83. The molecule has 90 valence electrons. The van der Waals surface area contributed by atoms with E-state index in [1.807, 2.05) is 10.6 Å². The van der Waals surface area contributed by atoms with Gasteiger partial charge in [0, 0.05) is 23.4 Å². The summed E-state index contributed by atoms with van der Waals surface area (Å²) in [7, 11) is 0. The molecule has 2 aromatic rings. The van der Waals surface area contributed by atoms with E-state index in [9.17, 15) is 0 Å². The Morgan fingerprint density at radius 2 is 2.29 bits per heavy atom. The van der Waals surface area contributed by atoms with Crippen LogP contribution in [0.1, 0.15) is 49.9 Å². The molecule has 1 fully saturated rings. The minimum absolute atomic E-state index is 0.695. The van der Waals surface area contributed by atoms with Crippen molar-refractivity contribution in [3.8, 4) is 0 Å². The van der Waals surface area contributed by atoms with Gasteiger partial charge in [0.2, 0.25) is 0 Å². The predicted octanol–water partition coefficient (Wildman–Crippen LogP) is 3.61. The summed E-state index contributed by atoms with van der Waals surface area (Å²) in [4.78, 5) is 4.65. The van der Waals surface area contributed by atoms with Crippen LogP contribution in [-0.4, -0.2) is 14.6 Å². The molecule has 3 nitrogen and oxygen atoms in total. The molecule has 1 saturated carbocycles. The molecule has 0 aliphatic heterocycles. The van der Waals surface area contributed by atoms with Gasteiger partial charge in [0.15, 0.2) is 5.65 Å². The number of nitrogens with zero attached hydrogens (tertiary/aromatic N) is 2. The highest BCUT2D eigenvalue weighted by molar-refractivity contribution is 7.71. The first-order valence-electron chi connectivity index (χ1n) is 6.39. The molecule has 0 unspecified atom stereocenters. The molecular formula is C13H17N3S. The zero-order valence-corrected chi connectivity index (χ0v) is 10.9. The zero-order valence-electron chi connectivity index (χ0n) is 10.1. The molecule has 1 aliphatic carbocycles. The second-order valence-corrected chi connectivity index (χ2v) is 5.29. The smallest absolute Gasteiger partial charge is 0.154 e. The maximum Gasteiger partial charge on any atom is 0.154 e. The summed E-state index contributed by atoms with van der Waals surface area (Å²) in [5.41, 5.74) is 3.38. The first-order chi connectivity index (χ1) is 8.28. The summed E-state index contributed by atoms with van der Waals surface area (Å²) in [6.45, 7) is 2.17. The van der Waals surface area contributed by atoms with Crippen LogP contribution >= 0.6 is 12.2 Å². The fourth-order valence-corrected chi connectivity index (χ4v) is 2.65. The number of aryl methyl sites for hydroxylation is 1. The molecule has 0 radical (unpaired) electrons. The maximum absolute atomic E-state index is 5.40. The quantitative estimate of drug-likeness (QED) is 0.840. The summed E-state index contributed by atoms with van der Waals surface area (Å²) in [5.74, 6) is 0.695. The van der Waals surface area contributed by atoms with Crippen molar-refractivity contribution in [1.29, 1.82) is 0 Å². The normalized spacial score (nSPS) is 16.3. The highest BCUT2D eigenvalue weighted by atomic mass is 32.1. The van der Waals surface area contributed by atoms with E-state index in [1.54, 1.807) is 0 Å². The molecule has 3 rings (SSSR count). The van der Waals surface area contributed by atoms with Gasteiger partial charge in [-0.15, -0.1) is 0 Å². The monoisotopic (exact) mass is 247 g/mol. The van der Waals surface area contributed by atoms with Crippen molar-refractivity contribution >= 4 is 17.9 Å². The number of fused-ring (bicyclic) bond motifs is 1. The first-order valence-corrected chi connectivity index (χ1v) is 6.80. The summed E-state index contributed by atoms with van der Waals surface area (Å²) >= 11 is 5.40. The van der Waals surface area contributed by atoms with E-state index in [1.165, 1.54) is 25.0 Å². The Bertz CT molecular complexity index is 592. The minimum atomic E-state index is 0.695. The Balaban J connectivity index is 2.07. The molecule has 1 N–H and O–H groups in total. The van der Waals surface area contributed by atoms with Gasteiger partial charge in [-0.05, 0) is 25.3 Å². The topological polar surface area (TPSA) is 33.1 Å². The fraction of sp³-hybridized carbons (Fsp3) is 0.538. The summed E-state index contributed by atoms with van der Waals surface area (Å²) in [6.07, 6.45) is 6.05. The lowest BCUT2D eigenvalue weighted by molar-refractivity contribution is 0.409. The Morgan fingerprint density at radius 3 is 2.94 bits per heavy atom. The van der Waals surface area contributed by atoms with Crippen molar-refractivity contribution in [1.82, 2.24) is 14.6 Å². The molecule has 0 aromatic carbocycles. The zero-order chi connectivity index (χ0) is 11.8. The average Bonchev–Trinajstić information content (AvgIpc) is 2.59. The van der Waals surface area contributed by atoms with Crippen LogP contribution in [0, 0.1) is 4.64 Å². The van der Waals surface area contributed by atoms with Crippen LogP contribution in [0.3, 0.4) is 0 Å². The van der Waals surface area contributed by atoms with E-state index in [0.29, 0.717) is 5.92 Å². The third-order valence-corrected chi connectivity index (χ3v) is 3.87. The molecule has 0 amide bonds. The summed E-state index contributed by atoms with van der Waals surface area (Å²) in [6, 6.07) is 4.17. The van der Waals surface area contributed by atoms with Crippen molar-refractivity contribution in [3.63, 3.8) is 0 Å². The lowest BCUT2D eigenvalue weighted by Gasteiger charge is -2.23. The fourth-order valence-electron chi connectivity index (χ4n) is 2.37. The third-order valence-electron chi connectivity index (χ3n) is 3.57. The highest BCUT2D eigenvalue weighted by Crippen LogP contribution is 2.35. The number of rotatable bonds is 3. The number of hydrogen-bond acceptors (Lipinski definition) is 2. The molecule has 0 saturated heterocycles. The maximum atomic E-state index is 5.40. The lowest BCUT2D eigenvalue weighted by Crippen LogP contribution is -2.09. The van der Waals surface area contributed by atoms with Crippen LogP contribution in [0.25, 0.3) is 5.65 Å². The minimum Gasteiger partial charge on any atom is -0.295 e. The SMILES string of the molecule is CCCc1cc(=S)n2[nH]c(C3CCC3)cc2n1. The summed E-state index contributed by atoms with van der Waals surface area (Å²) in [5, 5.41) is 3.39. The average molecular weight is 247 g/mol. The third kappa shape index (κ3) is 1.90. The Morgan fingerprint density at radius 1 is 1.47 bits per heavy atom. The van der Waals surface area contributed by atoms with Gasteiger partial charge < -0.3 is 0 Å². The first kappa shape index (κ1) is 11.0. The van der Waals surface area contributed by atoms with E-state index < -0.39 is 0 Å². The second kappa shape index (κ2) is 4.26. The second-order valence-electron chi connectivity index (χ2n) is 4.87. The van der Waals surface area contributed by atoms with Crippen molar-refractivity contribution in [3.05, 3.63) is 28.2 Å². The summed E-state index contributed by atoms with van der Waals surface area (Å²) < 4.78 is 2.77. The van der Waals surface area contributed by atoms with Gasteiger partial charge in [0.1, 0.15) is 4.64 Å². The van der Waals surface area contributed by atoms with Crippen molar-refractivity contribution in [2.75, 3.05) is 0 Å². The molecule has 2 aromatic heterocycles. The molecule has 0 atom stereocenters. The Hall–Kier alpha value is -1.16. The number of H-pyrrole nitrogens is 1. The van der Waals surface area contributed by atoms with Gasteiger partial charge in [-0.2, -0.15) is 0 Å². The van der Waals surface area contributed by atoms with Crippen molar-refractivity contribution in [2.45, 2.75) is 44.9 Å². The Kier molecular flexibility index (Phi) is 2.74. The molecule has 4 heteroatoms. The van der Waals surface area contributed by atoms with Crippen molar-refractivity contribution < 1.29 is 0 Å². The number of hydrogen-bond donors (Lipinski definition) is 1. The van der Waals surface area contributed by atoms with Crippen LogP contribution in [0.4, 0.5) is 0 Å². The molecule has 17 heavy (non-hydrogen) atoms. The molecule has 0 bridgehead atoms. The van der Waals surface area contributed by atoms with Crippen LogP contribution < -0.4 is 0 Å². The van der Waals surface area contributed by atoms with E-state index >= 15 is 0 Å². The van der Waals surface area contributed by atoms with Crippen LogP contribution in [0.15, 0.2) is 12.1 Å². The standard InChI is InChI=1S/C13H17N3S/c1-2-4-10-7-13(17)16-12(14-10)8-11(15-16)9-5-3-6-9/h7-9,15H,2-6H2,1H3. The molecule has 2 heterocycles. The number of aromatic nitrogens is 3. The van der Waals surface area contributed by atoms with Crippen LogP contribution in [0.2, 0.25) is 0 Å². The van der Waals surface area contributed by atoms with E-state index in [4.69, 9.17) is 12.2 Å². The molecule has 0 spiro atoms. The number of nitrogens with one attached hydrogen (secondary N) is 1. The van der Waals surface area contributed by atoms with Crippen LogP contribution in [-0.2, 0) is 6.42 Å². The van der Waals surface area contributed by atoms with Gasteiger partial charge in [-0.1, -0.05) is 32.0 Å². The van der Waals surface area contributed by atoms with E-state index in [2.05, 4.69) is 23.1 Å². The largest absolute Gasteiger partial charge is 0.295 e. The van der Waals surface area contributed by atoms with Gasteiger partial charge in [-0.25, -0.2) is 9.50 Å². The van der Waals surface area contributed by atoms with Gasteiger partial charge in [0.25, 0.3) is 0 Å². The van der Waals surface area contributed by atoms with E-state index in [-0.39, 0.29) is 0 Å². The van der Waals surface area contributed by atoms with Gasteiger partial charge in [0.05, 0.1) is 0 Å².